The van der Waals surface area contributed by atoms with Crippen LogP contribution in [0.15, 0.2) is 17.2 Å². The molecule has 0 radical (unpaired) electrons. The molecule has 1 atom stereocenters. The van der Waals surface area contributed by atoms with Crippen molar-refractivity contribution in [1.82, 2.24) is 29.6 Å². The van der Waals surface area contributed by atoms with Gasteiger partial charge in [0.15, 0.2) is 0 Å². The molecule has 2 aromatic rings. The molecule has 1 fully saturated rings. The monoisotopic (exact) mass is 330 g/mol. The van der Waals surface area contributed by atoms with E-state index in [9.17, 15) is 9.59 Å². The predicted molar refractivity (Wildman–Crippen MR) is 87.5 cm³/mol. The van der Waals surface area contributed by atoms with Gasteiger partial charge in [0.05, 0.1) is 5.69 Å². The highest BCUT2D eigenvalue weighted by atomic mass is 16.2. The molecule has 24 heavy (non-hydrogen) atoms. The van der Waals surface area contributed by atoms with Crippen molar-refractivity contribution in [1.29, 1.82) is 0 Å². The minimum Gasteiger partial charge on any atom is -0.342 e. The molecule has 8 heteroatoms. The van der Waals surface area contributed by atoms with E-state index < -0.39 is 0 Å². The van der Waals surface area contributed by atoms with Crippen LogP contribution in [0.5, 0.6) is 0 Å². The van der Waals surface area contributed by atoms with Crippen molar-refractivity contribution in [2.24, 2.45) is 7.05 Å². The van der Waals surface area contributed by atoms with E-state index in [1.807, 2.05) is 16.5 Å². The van der Waals surface area contributed by atoms with E-state index >= 15 is 0 Å². The first-order valence-corrected chi connectivity index (χ1v) is 8.21. The average Bonchev–Trinajstić information content (AvgIpc) is 2.97. The molecule has 0 unspecified atom stereocenters. The molecule has 0 saturated carbocycles. The molecule has 0 aromatic carbocycles. The minimum atomic E-state index is -0.136. The van der Waals surface area contributed by atoms with Crippen LogP contribution in [0.4, 0.5) is 0 Å². The maximum Gasteiger partial charge on any atom is 0.251 e. The highest BCUT2D eigenvalue weighted by Gasteiger charge is 2.26. The van der Waals surface area contributed by atoms with E-state index in [-0.39, 0.29) is 17.4 Å². The Kier molecular flexibility index (Phi) is 4.73. The third kappa shape index (κ3) is 3.69. The summed E-state index contributed by atoms with van der Waals surface area (Å²) in [5.41, 5.74) is 0.644. The molecule has 128 valence electrons. The largest absolute Gasteiger partial charge is 0.342 e. The van der Waals surface area contributed by atoms with Crippen molar-refractivity contribution in [3.05, 3.63) is 40.1 Å². The van der Waals surface area contributed by atoms with Crippen molar-refractivity contribution in [3.63, 3.8) is 0 Å². The zero-order chi connectivity index (χ0) is 17.1. The number of nitrogens with one attached hydrogen (secondary N) is 1. The maximum atomic E-state index is 12.5. The second kappa shape index (κ2) is 6.94. The lowest BCUT2D eigenvalue weighted by Crippen LogP contribution is -2.39. The second-order valence-corrected chi connectivity index (χ2v) is 6.29. The van der Waals surface area contributed by atoms with Crippen LogP contribution in [-0.4, -0.2) is 48.6 Å². The lowest BCUT2D eigenvalue weighted by Gasteiger charge is -2.32. The third-order valence-electron chi connectivity index (χ3n) is 4.44. The molecule has 1 saturated heterocycles. The fourth-order valence-electron chi connectivity index (χ4n) is 3.17. The van der Waals surface area contributed by atoms with Gasteiger partial charge in [-0.15, -0.1) is 10.2 Å². The first-order valence-electron chi connectivity index (χ1n) is 8.21. The quantitative estimate of drug-likeness (QED) is 0.883. The highest BCUT2D eigenvalue weighted by molar-refractivity contribution is 5.76. The van der Waals surface area contributed by atoms with E-state index in [2.05, 4.69) is 20.2 Å². The summed E-state index contributed by atoms with van der Waals surface area (Å²) in [6.45, 7) is 3.15. The minimum absolute atomic E-state index is 0.115. The summed E-state index contributed by atoms with van der Waals surface area (Å²) in [6, 6.07) is 1.55. The number of carbonyl (C=O) groups excluding carboxylic acids is 1. The molecule has 1 amide bonds. The van der Waals surface area contributed by atoms with Crippen molar-refractivity contribution in [3.8, 4) is 0 Å². The van der Waals surface area contributed by atoms with Crippen LogP contribution in [0, 0.1) is 6.92 Å². The van der Waals surface area contributed by atoms with Gasteiger partial charge in [-0.25, -0.2) is 4.98 Å². The topological polar surface area (TPSA) is 96.8 Å². The zero-order valence-electron chi connectivity index (χ0n) is 14.0. The number of rotatable bonds is 4. The smallest absolute Gasteiger partial charge is 0.251 e. The summed E-state index contributed by atoms with van der Waals surface area (Å²) in [6.07, 6.45) is 4.51. The second-order valence-electron chi connectivity index (χ2n) is 6.29. The summed E-state index contributed by atoms with van der Waals surface area (Å²) in [7, 11) is 1.87. The molecule has 2 aromatic heterocycles. The van der Waals surface area contributed by atoms with Gasteiger partial charge in [-0.3, -0.25) is 9.59 Å². The molecule has 1 N–H and O–H groups in total. The highest BCUT2D eigenvalue weighted by Crippen LogP contribution is 2.25. The summed E-state index contributed by atoms with van der Waals surface area (Å²) < 4.78 is 1.83. The molecule has 8 nitrogen and oxygen atoms in total. The van der Waals surface area contributed by atoms with Gasteiger partial charge in [0.2, 0.25) is 5.91 Å². The Labute approximate surface area is 139 Å². The fourth-order valence-corrected chi connectivity index (χ4v) is 3.17. The third-order valence-corrected chi connectivity index (χ3v) is 4.44. The van der Waals surface area contributed by atoms with Crippen LogP contribution < -0.4 is 5.56 Å². The van der Waals surface area contributed by atoms with E-state index in [4.69, 9.17) is 0 Å². The normalized spacial score (nSPS) is 17.9. The Hall–Kier alpha value is -2.51. The lowest BCUT2D eigenvalue weighted by molar-refractivity contribution is -0.132. The molecule has 0 spiro atoms. The van der Waals surface area contributed by atoms with Gasteiger partial charge in [-0.05, 0) is 19.8 Å². The Balaban J connectivity index is 1.63. The number of aromatic amines is 1. The number of nitrogens with zero attached hydrogens (tertiary/aromatic N) is 5. The number of H-pyrrole nitrogens is 1. The number of carbonyl (C=O) groups is 1. The van der Waals surface area contributed by atoms with Gasteiger partial charge in [0.25, 0.3) is 5.56 Å². The van der Waals surface area contributed by atoms with Gasteiger partial charge >= 0.3 is 0 Å². The van der Waals surface area contributed by atoms with E-state index in [0.717, 1.165) is 30.9 Å². The number of aromatic nitrogens is 5. The molecule has 3 heterocycles. The maximum absolute atomic E-state index is 12.5. The van der Waals surface area contributed by atoms with Crippen LogP contribution in [0.25, 0.3) is 0 Å². The predicted octanol–water partition coefficient (Wildman–Crippen LogP) is 0.546. The zero-order valence-corrected chi connectivity index (χ0v) is 14.0. The van der Waals surface area contributed by atoms with Gasteiger partial charge in [0.1, 0.15) is 18.0 Å². The van der Waals surface area contributed by atoms with Crippen LogP contribution in [-0.2, 0) is 18.3 Å². The average molecular weight is 330 g/mol. The number of likely N-dealkylation sites (tertiary alicyclic amines) is 1. The Morgan fingerprint density at radius 3 is 3.00 bits per heavy atom. The number of piperidine rings is 1. The number of amides is 1. The fraction of sp³-hybridized carbons (Fsp3) is 0.562. The number of aryl methyl sites for hydroxylation is 3. The summed E-state index contributed by atoms with van der Waals surface area (Å²) >= 11 is 0. The molecule has 0 aliphatic carbocycles. The standard InChI is InChI=1S/C16H22N6O2/c1-11-18-13(8-15(23)19-11)12-4-3-7-22(9-12)16(24)6-5-14-20-17-10-21(14)2/h8,10,12H,3-7,9H2,1-2H3,(H,18,19,23)/t12-/m0/s1. The Morgan fingerprint density at radius 2 is 2.29 bits per heavy atom. The summed E-state index contributed by atoms with van der Waals surface area (Å²) in [5.74, 6) is 1.66. The van der Waals surface area contributed by atoms with E-state index in [1.54, 1.807) is 19.3 Å². The SMILES string of the molecule is Cc1nc([C@H]2CCCN(C(=O)CCc3nncn3C)C2)cc(=O)[nH]1. The van der Waals surface area contributed by atoms with Crippen molar-refractivity contribution < 1.29 is 4.79 Å². The van der Waals surface area contributed by atoms with E-state index in [0.29, 0.717) is 25.2 Å². The molecular formula is C16H22N6O2. The van der Waals surface area contributed by atoms with E-state index in [1.165, 1.54) is 0 Å². The Morgan fingerprint density at radius 1 is 1.46 bits per heavy atom. The van der Waals surface area contributed by atoms with Crippen molar-refractivity contribution >= 4 is 5.91 Å². The number of hydrogen-bond donors (Lipinski definition) is 1. The van der Waals surface area contributed by atoms with Crippen LogP contribution in [0.1, 0.15) is 42.5 Å². The molecule has 3 rings (SSSR count). The summed E-state index contributed by atoms with van der Waals surface area (Å²) in [5, 5.41) is 7.84. The number of hydrogen-bond acceptors (Lipinski definition) is 5. The first kappa shape index (κ1) is 16.4. The van der Waals surface area contributed by atoms with Crippen LogP contribution >= 0.6 is 0 Å². The summed E-state index contributed by atoms with van der Waals surface area (Å²) in [4.78, 5) is 33.1. The van der Waals surface area contributed by atoms with Crippen molar-refractivity contribution in [2.45, 2.75) is 38.5 Å². The molecular weight excluding hydrogens is 308 g/mol. The van der Waals surface area contributed by atoms with Gasteiger partial charge in [-0.1, -0.05) is 0 Å². The van der Waals surface area contributed by atoms with Crippen LogP contribution in [0.2, 0.25) is 0 Å². The van der Waals surface area contributed by atoms with Gasteiger partial charge in [-0.2, -0.15) is 0 Å². The van der Waals surface area contributed by atoms with Gasteiger partial charge < -0.3 is 14.5 Å². The molecule has 1 aliphatic heterocycles. The molecule has 0 bridgehead atoms. The first-order chi connectivity index (χ1) is 11.5. The molecule has 1 aliphatic rings. The van der Waals surface area contributed by atoms with Crippen molar-refractivity contribution in [2.75, 3.05) is 13.1 Å². The Bertz CT molecular complexity index is 781. The van der Waals surface area contributed by atoms with Crippen LogP contribution in [0.3, 0.4) is 0 Å². The van der Waals surface area contributed by atoms with Gasteiger partial charge in [0, 0.05) is 45.0 Å². The lowest BCUT2D eigenvalue weighted by atomic mass is 9.94.